The van der Waals surface area contributed by atoms with Crippen LogP contribution in [0, 0.1) is 59.2 Å². The number of unbranched alkanes of at least 4 members (excludes halogenated alkanes) is 8. The lowest BCUT2D eigenvalue weighted by molar-refractivity contribution is -0.870. The number of nitrogens with zero attached hydrogens (tertiary/aromatic N) is 7. The molecule has 0 aliphatic carbocycles. The van der Waals surface area contributed by atoms with Crippen LogP contribution in [-0.4, -0.2) is 347 Å². The quantitative estimate of drug-likeness (QED) is 0.0199. The molecule has 0 aromatic carbocycles. The van der Waals surface area contributed by atoms with Crippen molar-refractivity contribution in [1.29, 1.82) is 0 Å². The highest BCUT2D eigenvalue weighted by molar-refractivity contribution is 5.91. The molecule has 10 unspecified atom stereocenters. The minimum absolute atomic E-state index is 0.0648. The Balaban J connectivity index is -0.000000285. The first-order chi connectivity index (χ1) is 62.5. The number of nitrogens with one attached hydrogen (secondary N) is 2. The summed E-state index contributed by atoms with van der Waals surface area (Å²) < 4.78 is 2.19. The Hall–Kier alpha value is -2.44. The van der Waals surface area contributed by atoms with Gasteiger partial charge in [0.05, 0.1) is 73.7 Å². The highest BCUT2D eigenvalue weighted by Crippen LogP contribution is 2.21. The van der Waals surface area contributed by atoms with Gasteiger partial charge in [-0.1, -0.05) is 244 Å². The van der Waals surface area contributed by atoms with E-state index in [9.17, 15) is 70.2 Å². The van der Waals surface area contributed by atoms with Gasteiger partial charge in [0.1, 0.15) is 36.6 Å². The van der Waals surface area contributed by atoms with Crippen molar-refractivity contribution >= 4 is 23.4 Å². The maximum absolute atomic E-state index is 12.0. The molecule has 0 spiro atoms. The van der Waals surface area contributed by atoms with E-state index in [4.69, 9.17) is 5.11 Å². The van der Waals surface area contributed by atoms with Crippen molar-refractivity contribution in [2.75, 3.05) is 167 Å². The number of carbonyl (C=O) groups is 4. The number of hydrogen-bond donors (Lipinski definition) is 13. The number of aliphatic hydroxyl groups is 11. The minimum atomic E-state index is -1.93. The maximum atomic E-state index is 12.0. The van der Waals surface area contributed by atoms with E-state index in [0.717, 1.165) is 136 Å². The molecule has 0 aromatic heterocycles. The van der Waals surface area contributed by atoms with Gasteiger partial charge in [-0.15, -0.1) is 0 Å². The average molecular weight is 1930 g/mol. The van der Waals surface area contributed by atoms with Gasteiger partial charge in [0.2, 0.25) is 0 Å². The monoisotopic (exact) mass is 1920 g/mol. The van der Waals surface area contributed by atoms with Gasteiger partial charge in [0.25, 0.3) is 11.8 Å². The first kappa shape index (κ1) is 145. The molecular weight excluding hydrogens is 1690 g/mol. The number of ketones is 2. The second-order valence-corrected chi connectivity index (χ2v) is 45.3. The van der Waals surface area contributed by atoms with Crippen molar-refractivity contribution in [2.24, 2.45) is 59.2 Å². The van der Waals surface area contributed by atoms with E-state index in [2.05, 4.69) is 223 Å². The number of hydrogen-bond acceptors (Lipinski definition) is 20. The molecule has 24 heteroatoms. The van der Waals surface area contributed by atoms with Crippen LogP contribution >= 0.6 is 0 Å². The summed E-state index contributed by atoms with van der Waals surface area (Å²) in [4.78, 5) is 60.3. The predicted molar refractivity (Wildman–Crippen MR) is 571 cm³/mol. The molecule has 134 heavy (non-hydrogen) atoms. The van der Waals surface area contributed by atoms with Crippen molar-refractivity contribution in [3.8, 4) is 0 Å². The number of quaternary nitrogens is 2. The summed E-state index contributed by atoms with van der Waals surface area (Å²) in [6.45, 7) is 77.5. The summed E-state index contributed by atoms with van der Waals surface area (Å²) in [6, 6.07) is 0. The van der Waals surface area contributed by atoms with Gasteiger partial charge in [-0.3, -0.25) is 19.2 Å². The Kier molecular flexibility index (Phi) is 100. The van der Waals surface area contributed by atoms with E-state index in [-0.39, 0.29) is 30.8 Å². The lowest BCUT2D eigenvalue weighted by Gasteiger charge is -2.34. The Morgan fingerprint density at radius 3 is 0.851 bits per heavy atom. The van der Waals surface area contributed by atoms with Gasteiger partial charge in [0, 0.05) is 65.1 Å². The minimum Gasteiger partial charge on any atom is -0.393 e. The molecule has 10 atom stereocenters. The topological polar surface area (TPSA) is 331 Å². The van der Waals surface area contributed by atoms with Gasteiger partial charge >= 0.3 is 0 Å². The Bertz CT molecular complexity index is 2380. The van der Waals surface area contributed by atoms with Crippen LogP contribution < -0.4 is 10.6 Å². The largest absolute Gasteiger partial charge is 0.393 e. The smallest absolute Gasteiger partial charge is 0.252 e. The number of carbonyl (C=O) groups excluding carboxylic acids is 4. The van der Waals surface area contributed by atoms with Crippen molar-refractivity contribution in [1.82, 2.24) is 35.1 Å². The second kappa shape index (κ2) is 92.9. The molecule has 13 N–H and O–H groups in total. The molecular formula is C110H237N9O15+2. The normalized spacial score (nSPS) is 15.1. The van der Waals surface area contributed by atoms with Crippen LogP contribution in [0.15, 0.2) is 0 Å². The van der Waals surface area contributed by atoms with Gasteiger partial charge < -0.3 is 100 Å². The number of aliphatic hydroxyl groups excluding tert-OH is 11. The van der Waals surface area contributed by atoms with E-state index in [1.54, 1.807) is 0 Å². The summed E-state index contributed by atoms with van der Waals surface area (Å²) in [6.07, 6.45) is 19.4. The van der Waals surface area contributed by atoms with Gasteiger partial charge in [-0.2, -0.15) is 0 Å². The molecule has 0 aromatic rings. The van der Waals surface area contributed by atoms with Crippen LogP contribution in [0.5, 0.6) is 0 Å². The SMILES string of the molecule is CC(C)CC(O)C(O)C(O)C(O)CC(C)C.CC(C)CCCCCC(=O)C(O)C(O)C(=O)NCCCCC(C)C.CC(C)CCCCCC(=O)C(O)C(O)C(O)C(O)C(=O)NCCCCC(C)C.CC(C)CCCN(CCCC(C)C)CCC[N+](C)(C)C.CC(C)CCCN(CCCCC[N+](C)(C)C)CCCC(C)C.CCC(O)CC.CCCN1CCN(CCC)CC1.CCN(C)CC. The average Bonchev–Trinajstić information content (AvgIpc) is 0.871. The molecule has 24 nitrogen and oxygen atoms in total. The van der Waals surface area contributed by atoms with E-state index in [1.807, 2.05) is 41.5 Å². The van der Waals surface area contributed by atoms with Crippen molar-refractivity contribution in [3.05, 3.63) is 0 Å². The van der Waals surface area contributed by atoms with E-state index < -0.39 is 84.4 Å². The molecule has 810 valence electrons. The molecule has 1 fully saturated rings. The molecule has 0 saturated carbocycles. The number of amides is 2. The molecule has 0 radical (unpaired) electrons. The standard InChI is InChI=1S/C21H41NO6.C20H45N2.C19H37NO4.C18H41N2.C12H26O4.C10H22N2.C5H13N.C5H12O/c1-14(2)10-6-5-7-12-16(23)17(24)18(25)19(26)20(27)21(28)22-13-9-8-11-15(3)4;1-19(2)13-11-16-21(17-12-14-20(3)4)15-9-8-10-18-22(5,6)7;1-14(2)10-6-5-7-12-16(21)17(22)18(23)19(24)20-13-9-8-11-15(3)4;1-17(2)11-8-13-19(14-9-12-18(3)4)15-10-16-20(5,6)7;1-7(2)5-9(13)11(15)12(16)10(14)6-8(3)4;1-3-5-11-7-9-12(6-4-2)10-8-11;1-4-6(3)5-2;1-3-5(6)4-2/h14-15,17-20,24-27H,5-13H2,1-4H3,(H,22,28);19-20H,8-18H2,1-7H3;14-15,17-18,22-23H,5-13H2,1-4H3,(H,20,24);17-18H,8-16H2,1-7H3;7-16H,5-6H2,1-4H3;3-10H2,1-2H3;4-5H2,1-3H3;5-6H,3-4H2,1-2H3/q;+1;;+1;;;;. The second-order valence-electron chi connectivity index (χ2n) is 45.3. The van der Waals surface area contributed by atoms with Crippen LogP contribution in [0.1, 0.15) is 398 Å². The van der Waals surface area contributed by atoms with Crippen LogP contribution in [0.2, 0.25) is 0 Å². The molecule has 1 heterocycles. The third kappa shape index (κ3) is 101. The van der Waals surface area contributed by atoms with Crippen LogP contribution in [0.4, 0.5) is 0 Å². The van der Waals surface area contributed by atoms with Gasteiger partial charge in [-0.25, -0.2) is 0 Å². The Morgan fingerprint density at radius 2 is 0.575 bits per heavy atom. The summed E-state index contributed by atoms with van der Waals surface area (Å²) in [7, 11) is 15.9. The first-order valence-corrected chi connectivity index (χ1v) is 54.8. The lowest BCUT2D eigenvalue weighted by atomic mass is 9.93. The molecule has 1 saturated heterocycles. The number of Topliss-reactive ketones (excluding diaryl/α,β-unsaturated/α-hetero) is 2. The van der Waals surface area contributed by atoms with Crippen molar-refractivity contribution in [2.45, 2.75) is 465 Å². The highest BCUT2D eigenvalue weighted by Gasteiger charge is 2.37. The van der Waals surface area contributed by atoms with Crippen molar-refractivity contribution < 1.29 is 84.3 Å². The Morgan fingerprint density at radius 1 is 0.306 bits per heavy atom. The molecule has 1 aliphatic rings. The zero-order valence-electron chi connectivity index (χ0n) is 94.6. The molecule has 2 amide bonds. The third-order valence-corrected chi connectivity index (χ3v) is 24.2. The fourth-order valence-electron chi connectivity index (χ4n) is 14.9. The molecule has 1 aliphatic heterocycles. The van der Waals surface area contributed by atoms with E-state index in [0.29, 0.717) is 62.4 Å². The molecule has 0 bridgehead atoms. The zero-order valence-corrected chi connectivity index (χ0v) is 94.6. The third-order valence-electron chi connectivity index (χ3n) is 24.2. The van der Waals surface area contributed by atoms with Crippen LogP contribution in [-0.2, 0) is 19.2 Å². The first-order valence-electron chi connectivity index (χ1n) is 54.8. The summed E-state index contributed by atoms with van der Waals surface area (Å²) in [5.74, 6) is 3.76. The van der Waals surface area contributed by atoms with Gasteiger partial charge in [-0.05, 0) is 260 Å². The summed E-state index contributed by atoms with van der Waals surface area (Å²) >= 11 is 0. The lowest BCUT2D eigenvalue weighted by Crippen LogP contribution is -2.52. The maximum Gasteiger partial charge on any atom is 0.252 e. The summed E-state index contributed by atoms with van der Waals surface area (Å²) in [5, 5.41) is 112. The van der Waals surface area contributed by atoms with Crippen molar-refractivity contribution in [3.63, 3.8) is 0 Å². The van der Waals surface area contributed by atoms with Crippen LogP contribution in [0.25, 0.3) is 0 Å². The predicted octanol–water partition coefficient (Wildman–Crippen LogP) is 17.7. The fourth-order valence-corrected chi connectivity index (χ4v) is 14.9. The number of piperazine rings is 1. The van der Waals surface area contributed by atoms with E-state index >= 15 is 0 Å². The number of rotatable bonds is 71. The van der Waals surface area contributed by atoms with E-state index in [1.165, 1.54) is 182 Å². The Labute approximate surface area is 830 Å². The zero-order chi connectivity index (χ0) is 105. The van der Waals surface area contributed by atoms with Gasteiger partial charge in [0.15, 0.2) is 23.8 Å². The highest BCUT2D eigenvalue weighted by atomic mass is 16.4. The van der Waals surface area contributed by atoms with Crippen LogP contribution in [0.3, 0.4) is 0 Å². The summed E-state index contributed by atoms with van der Waals surface area (Å²) in [5.41, 5.74) is 0. The molecule has 1 rings (SSSR count). The fraction of sp³-hybridized carbons (Fsp3) is 0.964.